The van der Waals surface area contributed by atoms with Gasteiger partial charge >= 0.3 is 0 Å². The highest BCUT2D eigenvalue weighted by Crippen LogP contribution is 2.17. The average Bonchev–Trinajstić information content (AvgIpc) is 2.82. The van der Waals surface area contributed by atoms with Crippen molar-refractivity contribution in [3.63, 3.8) is 0 Å². The van der Waals surface area contributed by atoms with E-state index in [9.17, 15) is 12.8 Å². The van der Waals surface area contributed by atoms with E-state index in [1.54, 1.807) is 0 Å². The minimum atomic E-state index is -3.75. The molecule has 0 spiro atoms. The Kier molecular flexibility index (Phi) is 4.72. The highest BCUT2D eigenvalue weighted by atomic mass is 32.2. The highest BCUT2D eigenvalue weighted by Gasteiger charge is 2.17. The molecule has 0 unspecified atom stereocenters. The molecule has 2 rings (SSSR count). The number of sulfonamides is 1. The van der Waals surface area contributed by atoms with Gasteiger partial charge in [-0.05, 0) is 47.0 Å². The molecule has 0 aliphatic rings. The summed E-state index contributed by atoms with van der Waals surface area (Å²) in [5.74, 6) is -0.643. The van der Waals surface area contributed by atoms with Gasteiger partial charge in [0.05, 0.1) is 4.90 Å². The van der Waals surface area contributed by atoms with Crippen molar-refractivity contribution in [2.75, 3.05) is 0 Å². The molecule has 21 heavy (non-hydrogen) atoms. The number of benzene rings is 1. The van der Waals surface area contributed by atoms with Gasteiger partial charge in [0.25, 0.3) is 0 Å². The topological polar surface area (TPSA) is 72.2 Å². The summed E-state index contributed by atoms with van der Waals surface area (Å²) in [5.41, 5.74) is 7.21. The van der Waals surface area contributed by atoms with Gasteiger partial charge in [-0.25, -0.2) is 17.5 Å². The molecule has 1 heterocycles. The Hall–Kier alpha value is -1.35. The van der Waals surface area contributed by atoms with Crippen molar-refractivity contribution < 1.29 is 12.8 Å². The lowest BCUT2D eigenvalue weighted by molar-refractivity contribution is 0.580. The van der Waals surface area contributed by atoms with Gasteiger partial charge in [-0.15, -0.1) is 0 Å². The number of hydrogen-bond acceptors (Lipinski definition) is 4. The van der Waals surface area contributed by atoms with Crippen molar-refractivity contribution in [1.82, 2.24) is 4.72 Å². The molecule has 2 aromatic rings. The van der Waals surface area contributed by atoms with Crippen molar-refractivity contribution in [2.45, 2.75) is 18.4 Å². The van der Waals surface area contributed by atoms with E-state index in [4.69, 9.17) is 18.0 Å². The predicted octanol–water partition coefficient (Wildman–Crippen LogP) is 2.31. The highest BCUT2D eigenvalue weighted by molar-refractivity contribution is 7.89. The first-order valence-corrected chi connectivity index (χ1v) is 8.75. The summed E-state index contributed by atoms with van der Waals surface area (Å²) in [4.78, 5) is -0.252. The van der Waals surface area contributed by atoms with Crippen molar-refractivity contribution in [3.8, 4) is 0 Å². The molecule has 8 heteroatoms. The minimum Gasteiger partial charge on any atom is -0.389 e. The standard InChI is InChI=1S/C13H13FN2O2S3/c1-8-6-20-7-9(8)5-16-21(17,18)10-2-3-12(14)11(4-10)13(15)19/h2-4,6-7,16H,5H2,1H3,(H2,15,19). The third-order valence-electron chi connectivity index (χ3n) is 2.93. The molecule has 0 radical (unpaired) electrons. The van der Waals surface area contributed by atoms with E-state index >= 15 is 0 Å². The molecule has 0 saturated carbocycles. The molecule has 1 aromatic heterocycles. The number of thiocarbonyl (C=S) groups is 1. The van der Waals surface area contributed by atoms with Crippen molar-refractivity contribution in [2.24, 2.45) is 5.73 Å². The molecule has 0 bridgehead atoms. The van der Waals surface area contributed by atoms with Crippen LogP contribution in [0.4, 0.5) is 4.39 Å². The third kappa shape index (κ3) is 3.65. The maximum absolute atomic E-state index is 13.5. The smallest absolute Gasteiger partial charge is 0.240 e. The molecule has 1 aromatic carbocycles. The van der Waals surface area contributed by atoms with Gasteiger partial charge in [-0.1, -0.05) is 12.2 Å². The second kappa shape index (κ2) is 6.18. The van der Waals surface area contributed by atoms with Crippen LogP contribution in [0.2, 0.25) is 0 Å². The fourth-order valence-electron chi connectivity index (χ4n) is 1.68. The van der Waals surface area contributed by atoms with Crippen LogP contribution in [0, 0.1) is 12.7 Å². The van der Waals surface area contributed by atoms with Gasteiger partial charge < -0.3 is 5.73 Å². The number of thiophene rings is 1. The van der Waals surface area contributed by atoms with E-state index in [1.165, 1.54) is 17.4 Å². The van der Waals surface area contributed by atoms with Crippen LogP contribution in [0.1, 0.15) is 16.7 Å². The number of rotatable bonds is 5. The number of aryl methyl sites for hydroxylation is 1. The normalized spacial score (nSPS) is 11.5. The van der Waals surface area contributed by atoms with Gasteiger partial charge in [0, 0.05) is 12.1 Å². The Morgan fingerprint density at radius 1 is 1.43 bits per heavy atom. The van der Waals surface area contributed by atoms with Crippen LogP contribution in [0.5, 0.6) is 0 Å². The second-order valence-electron chi connectivity index (χ2n) is 4.41. The maximum atomic E-state index is 13.5. The zero-order valence-corrected chi connectivity index (χ0v) is 13.5. The van der Waals surface area contributed by atoms with Crippen LogP contribution in [0.15, 0.2) is 33.9 Å². The van der Waals surface area contributed by atoms with Crippen molar-refractivity contribution >= 4 is 38.6 Å². The summed E-state index contributed by atoms with van der Waals surface area (Å²) in [6.07, 6.45) is 0. The van der Waals surface area contributed by atoms with E-state index in [0.717, 1.165) is 23.3 Å². The fraction of sp³-hybridized carbons (Fsp3) is 0.154. The van der Waals surface area contributed by atoms with Crippen LogP contribution in [0.3, 0.4) is 0 Å². The molecule has 0 aliphatic heterocycles. The summed E-state index contributed by atoms with van der Waals surface area (Å²) in [5, 5.41) is 3.81. The molecule has 0 fully saturated rings. The van der Waals surface area contributed by atoms with Crippen molar-refractivity contribution in [3.05, 3.63) is 51.5 Å². The summed E-state index contributed by atoms with van der Waals surface area (Å²) in [7, 11) is -3.75. The monoisotopic (exact) mass is 344 g/mol. The van der Waals surface area contributed by atoms with E-state index in [-0.39, 0.29) is 22.0 Å². The average molecular weight is 344 g/mol. The molecule has 0 atom stereocenters. The number of halogens is 1. The van der Waals surface area contributed by atoms with E-state index < -0.39 is 15.8 Å². The Morgan fingerprint density at radius 3 is 2.71 bits per heavy atom. The molecule has 0 aliphatic carbocycles. The zero-order chi connectivity index (χ0) is 15.6. The van der Waals surface area contributed by atoms with Crippen LogP contribution < -0.4 is 10.5 Å². The Bertz CT molecular complexity index is 784. The second-order valence-corrected chi connectivity index (χ2v) is 7.36. The third-order valence-corrected chi connectivity index (χ3v) is 5.46. The number of hydrogen-bond donors (Lipinski definition) is 2. The molecule has 112 valence electrons. The van der Waals surface area contributed by atoms with E-state index in [1.807, 2.05) is 17.7 Å². The largest absolute Gasteiger partial charge is 0.389 e. The minimum absolute atomic E-state index is 0.0698. The molecule has 0 amide bonds. The van der Waals surface area contributed by atoms with Crippen molar-refractivity contribution in [1.29, 1.82) is 0 Å². The fourth-order valence-corrected chi connectivity index (χ4v) is 3.73. The summed E-state index contributed by atoms with van der Waals surface area (Å²) in [6, 6.07) is 3.36. The first-order valence-electron chi connectivity index (χ1n) is 5.92. The summed E-state index contributed by atoms with van der Waals surface area (Å²) in [6.45, 7) is 2.08. The molecule has 4 nitrogen and oxygen atoms in total. The molecule has 0 saturated heterocycles. The van der Waals surface area contributed by atoms with Gasteiger partial charge in [0.1, 0.15) is 10.8 Å². The Labute approximate surface area is 131 Å². The number of nitrogens with one attached hydrogen (secondary N) is 1. The van der Waals surface area contributed by atoms with Gasteiger partial charge in [-0.2, -0.15) is 11.3 Å². The quantitative estimate of drug-likeness (QED) is 0.817. The molecule has 3 N–H and O–H groups in total. The lowest BCUT2D eigenvalue weighted by Gasteiger charge is -2.08. The van der Waals surface area contributed by atoms with Gasteiger partial charge in [0.2, 0.25) is 10.0 Å². The van der Waals surface area contributed by atoms with Crippen LogP contribution in [0.25, 0.3) is 0 Å². The van der Waals surface area contributed by atoms with Gasteiger partial charge in [0.15, 0.2) is 0 Å². The SMILES string of the molecule is Cc1cscc1CNS(=O)(=O)c1ccc(F)c(C(N)=S)c1. The van der Waals surface area contributed by atoms with Crippen LogP contribution in [-0.4, -0.2) is 13.4 Å². The number of nitrogens with two attached hydrogens (primary N) is 1. The first kappa shape index (κ1) is 16.0. The maximum Gasteiger partial charge on any atom is 0.240 e. The Balaban J connectivity index is 2.26. The summed E-state index contributed by atoms with van der Waals surface area (Å²) < 4.78 is 40.4. The Morgan fingerprint density at radius 2 is 2.14 bits per heavy atom. The van der Waals surface area contributed by atoms with Crippen LogP contribution in [-0.2, 0) is 16.6 Å². The zero-order valence-electron chi connectivity index (χ0n) is 11.1. The first-order chi connectivity index (χ1) is 9.81. The lowest BCUT2D eigenvalue weighted by atomic mass is 10.2. The molecular weight excluding hydrogens is 331 g/mol. The predicted molar refractivity (Wildman–Crippen MR) is 85.4 cm³/mol. The van der Waals surface area contributed by atoms with E-state index in [0.29, 0.717) is 0 Å². The lowest BCUT2D eigenvalue weighted by Crippen LogP contribution is -2.24. The van der Waals surface area contributed by atoms with Gasteiger partial charge in [-0.3, -0.25) is 0 Å². The van der Waals surface area contributed by atoms with Crippen LogP contribution >= 0.6 is 23.6 Å². The molecular formula is C13H13FN2O2S3. The summed E-state index contributed by atoms with van der Waals surface area (Å²) >= 11 is 6.21. The van der Waals surface area contributed by atoms with E-state index in [2.05, 4.69) is 4.72 Å².